The van der Waals surface area contributed by atoms with Gasteiger partial charge in [-0.05, 0) is 31.9 Å². The third-order valence-electron chi connectivity index (χ3n) is 3.77. The quantitative estimate of drug-likeness (QED) is 0.819. The minimum atomic E-state index is 0.555. The van der Waals surface area contributed by atoms with Crippen LogP contribution in [-0.4, -0.2) is 14.6 Å². The first-order valence-corrected chi connectivity index (χ1v) is 6.37. The molecule has 1 aliphatic rings. The number of nitrogen functional groups attached to an aromatic ring is 1. The van der Waals surface area contributed by atoms with E-state index in [1.165, 1.54) is 37.8 Å². The van der Waals surface area contributed by atoms with Crippen LogP contribution in [0.3, 0.4) is 0 Å². The molecular weight excluding hydrogens is 212 g/mol. The molecule has 2 N–H and O–H groups in total. The number of hydrogen-bond acceptors (Lipinski definition) is 3. The van der Waals surface area contributed by atoms with Crippen LogP contribution in [-0.2, 0) is 0 Å². The Balaban J connectivity index is 2.13. The zero-order chi connectivity index (χ0) is 11.8. The van der Waals surface area contributed by atoms with Crippen LogP contribution in [0.2, 0.25) is 0 Å². The van der Waals surface area contributed by atoms with Gasteiger partial charge in [0.15, 0.2) is 5.65 Å². The summed E-state index contributed by atoms with van der Waals surface area (Å²) in [6.07, 6.45) is 6.43. The van der Waals surface area contributed by atoms with E-state index in [1.807, 2.05) is 12.1 Å². The van der Waals surface area contributed by atoms with Gasteiger partial charge in [0.2, 0.25) is 0 Å². The molecule has 3 rings (SSSR count). The van der Waals surface area contributed by atoms with Gasteiger partial charge >= 0.3 is 0 Å². The summed E-state index contributed by atoms with van der Waals surface area (Å²) in [6.45, 7) is 2.09. The molecule has 4 nitrogen and oxygen atoms in total. The van der Waals surface area contributed by atoms with Crippen LogP contribution in [0.15, 0.2) is 12.1 Å². The molecule has 0 unspecified atom stereocenters. The van der Waals surface area contributed by atoms with Crippen molar-refractivity contribution in [3.05, 3.63) is 23.7 Å². The minimum absolute atomic E-state index is 0.555. The maximum atomic E-state index is 5.94. The monoisotopic (exact) mass is 230 g/mol. The molecule has 0 radical (unpaired) electrons. The fraction of sp³-hybridized carbons (Fsp3) is 0.538. The van der Waals surface area contributed by atoms with Crippen molar-refractivity contribution in [3.8, 4) is 0 Å². The van der Waals surface area contributed by atoms with Crippen molar-refractivity contribution in [1.82, 2.24) is 14.6 Å². The standard InChI is InChI=1S/C13H18N4/c1-9-7-8-11(14)13-16-15-12(17(9)13)10-5-3-2-4-6-10/h7-8,10H,2-6,14H2,1H3. The third-order valence-corrected chi connectivity index (χ3v) is 3.77. The highest BCUT2D eigenvalue weighted by Gasteiger charge is 2.21. The summed E-state index contributed by atoms with van der Waals surface area (Å²) in [4.78, 5) is 0. The second-order valence-electron chi connectivity index (χ2n) is 4.98. The molecule has 0 amide bonds. The summed E-state index contributed by atoms with van der Waals surface area (Å²) in [6, 6.07) is 3.95. The first-order chi connectivity index (χ1) is 8.27. The van der Waals surface area contributed by atoms with E-state index >= 15 is 0 Å². The number of hydrogen-bond donors (Lipinski definition) is 1. The lowest BCUT2D eigenvalue weighted by Gasteiger charge is -2.20. The molecule has 0 aliphatic heterocycles. The summed E-state index contributed by atoms with van der Waals surface area (Å²) in [5, 5.41) is 8.62. The largest absolute Gasteiger partial charge is 0.396 e. The number of fused-ring (bicyclic) bond motifs is 1. The molecule has 0 atom stereocenters. The third kappa shape index (κ3) is 1.68. The number of nitrogens with zero attached hydrogens (tertiary/aromatic N) is 3. The van der Waals surface area contributed by atoms with Crippen molar-refractivity contribution in [1.29, 1.82) is 0 Å². The minimum Gasteiger partial charge on any atom is -0.396 e. The van der Waals surface area contributed by atoms with Crippen molar-refractivity contribution in [2.45, 2.75) is 44.9 Å². The zero-order valence-electron chi connectivity index (χ0n) is 10.2. The van der Waals surface area contributed by atoms with Crippen LogP contribution in [0.4, 0.5) is 5.69 Å². The number of nitrogens with two attached hydrogens (primary N) is 1. The number of pyridine rings is 1. The van der Waals surface area contributed by atoms with Gasteiger partial charge in [0.25, 0.3) is 0 Å². The molecule has 4 heteroatoms. The number of aryl methyl sites for hydroxylation is 1. The van der Waals surface area contributed by atoms with E-state index in [1.54, 1.807) is 0 Å². The highest BCUT2D eigenvalue weighted by atomic mass is 15.3. The fourth-order valence-electron chi connectivity index (χ4n) is 2.82. The van der Waals surface area contributed by atoms with E-state index in [-0.39, 0.29) is 0 Å². The summed E-state index contributed by atoms with van der Waals surface area (Å²) < 4.78 is 2.13. The Morgan fingerprint density at radius 1 is 1.18 bits per heavy atom. The van der Waals surface area contributed by atoms with Crippen LogP contribution in [0.5, 0.6) is 0 Å². The van der Waals surface area contributed by atoms with E-state index in [9.17, 15) is 0 Å². The SMILES string of the molecule is Cc1ccc(N)c2nnc(C3CCCCC3)n12. The van der Waals surface area contributed by atoms with Crippen molar-refractivity contribution < 1.29 is 0 Å². The molecule has 0 bridgehead atoms. The molecule has 1 fully saturated rings. The van der Waals surface area contributed by atoms with Gasteiger partial charge in [0.1, 0.15) is 5.82 Å². The Morgan fingerprint density at radius 2 is 1.94 bits per heavy atom. The van der Waals surface area contributed by atoms with E-state index in [2.05, 4.69) is 21.5 Å². The van der Waals surface area contributed by atoms with Crippen molar-refractivity contribution >= 4 is 11.3 Å². The van der Waals surface area contributed by atoms with Crippen LogP contribution in [0.25, 0.3) is 5.65 Å². The lowest BCUT2D eigenvalue weighted by Crippen LogP contribution is -2.10. The zero-order valence-corrected chi connectivity index (χ0v) is 10.2. The second-order valence-corrected chi connectivity index (χ2v) is 4.98. The molecule has 1 aliphatic carbocycles. The van der Waals surface area contributed by atoms with E-state index in [4.69, 9.17) is 5.73 Å². The normalized spacial score (nSPS) is 17.7. The molecule has 17 heavy (non-hydrogen) atoms. The van der Waals surface area contributed by atoms with Crippen LogP contribution in [0, 0.1) is 6.92 Å². The summed E-state index contributed by atoms with van der Waals surface area (Å²) >= 11 is 0. The lowest BCUT2D eigenvalue weighted by molar-refractivity contribution is 0.426. The molecule has 2 heterocycles. The van der Waals surface area contributed by atoms with Gasteiger partial charge in [-0.2, -0.15) is 0 Å². The topological polar surface area (TPSA) is 56.2 Å². The second kappa shape index (κ2) is 4.02. The van der Waals surface area contributed by atoms with Crippen molar-refractivity contribution in [2.75, 3.05) is 5.73 Å². The van der Waals surface area contributed by atoms with Gasteiger partial charge in [-0.15, -0.1) is 10.2 Å². The predicted octanol–water partition coefficient (Wildman–Crippen LogP) is 2.67. The lowest BCUT2D eigenvalue weighted by atomic mass is 9.89. The van der Waals surface area contributed by atoms with Gasteiger partial charge in [0.05, 0.1) is 5.69 Å². The van der Waals surface area contributed by atoms with Gasteiger partial charge in [-0.1, -0.05) is 19.3 Å². The molecular formula is C13H18N4. The summed E-state index contributed by atoms with van der Waals surface area (Å²) in [5.41, 5.74) is 8.63. The maximum Gasteiger partial charge on any atom is 0.184 e. The number of rotatable bonds is 1. The Bertz CT molecular complexity index is 538. The molecule has 2 aromatic rings. The average Bonchev–Trinajstić information content (AvgIpc) is 2.81. The first kappa shape index (κ1) is 10.6. The van der Waals surface area contributed by atoms with E-state index in [0.717, 1.165) is 11.5 Å². The highest BCUT2D eigenvalue weighted by molar-refractivity contribution is 5.64. The Labute approximate surface area is 101 Å². The van der Waals surface area contributed by atoms with Gasteiger partial charge < -0.3 is 5.73 Å². The van der Waals surface area contributed by atoms with Gasteiger partial charge in [0, 0.05) is 11.6 Å². The first-order valence-electron chi connectivity index (χ1n) is 6.37. The summed E-state index contributed by atoms with van der Waals surface area (Å²) in [7, 11) is 0. The van der Waals surface area contributed by atoms with Crippen LogP contribution >= 0.6 is 0 Å². The Kier molecular flexibility index (Phi) is 2.50. The van der Waals surface area contributed by atoms with E-state index in [0.29, 0.717) is 11.6 Å². The van der Waals surface area contributed by atoms with Crippen molar-refractivity contribution in [2.24, 2.45) is 0 Å². The van der Waals surface area contributed by atoms with Crippen molar-refractivity contribution in [3.63, 3.8) is 0 Å². The highest BCUT2D eigenvalue weighted by Crippen LogP contribution is 2.32. The molecule has 0 spiro atoms. The Hall–Kier alpha value is -1.58. The van der Waals surface area contributed by atoms with Crippen LogP contribution < -0.4 is 5.73 Å². The molecule has 1 saturated carbocycles. The molecule has 90 valence electrons. The molecule has 2 aromatic heterocycles. The molecule has 0 aromatic carbocycles. The Morgan fingerprint density at radius 3 is 2.71 bits per heavy atom. The van der Waals surface area contributed by atoms with E-state index < -0.39 is 0 Å². The predicted molar refractivity (Wildman–Crippen MR) is 68.0 cm³/mol. The number of anilines is 1. The molecule has 0 saturated heterocycles. The van der Waals surface area contributed by atoms with Gasteiger partial charge in [-0.25, -0.2) is 0 Å². The fourth-order valence-corrected chi connectivity index (χ4v) is 2.82. The van der Waals surface area contributed by atoms with Gasteiger partial charge in [-0.3, -0.25) is 4.40 Å². The maximum absolute atomic E-state index is 5.94. The number of aromatic nitrogens is 3. The van der Waals surface area contributed by atoms with Crippen LogP contribution in [0.1, 0.15) is 49.5 Å². The smallest absolute Gasteiger partial charge is 0.184 e. The summed E-state index contributed by atoms with van der Waals surface area (Å²) in [5.74, 6) is 1.66. The average molecular weight is 230 g/mol.